The fourth-order valence-electron chi connectivity index (χ4n) is 2.26. The number of hydrogen-bond donors (Lipinski definition) is 0. The zero-order chi connectivity index (χ0) is 17.1. The van der Waals surface area contributed by atoms with Crippen LogP contribution in [0.4, 0.5) is 8.78 Å². The van der Waals surface area contributed by atoms with Gasteiger partial charge in [0.25, 0.3) is 0 Å². The summed E-state index contributed by atoms with van der Waals surface area (Å²) in [6.07, 6.45) is 1.60. The van der Waals surface area contributed by atoms with Crippen LogP contribution in [0.3, 0.4) is 0 Å². The van der Waals surface area contributed by atoms with E-state index in [0.29, 0.717) is 0 Å². The number of halogens is 2. The van der Waals surface area contributed by atoms with E-state index in [1.165, 1.54) is 12.1 Å². The normalized spacial score (nSPS) is 15.6. The highest BCUT2D eigenvalue weighted by Gasteiger charge is 2.27. The number of carbonyl (C=O) groups excluding carboxylic acids is 1. The number of para-hydroxylation sites is 1. The molecule has 4 nitrogen and oxygen atoms in total. The van der Waals surface area contributed by atoms with Gasteiger partial charge < -0.3 is 9.47 Å². The lowest BCUT2D eigenvalue weighted by Gasteiger charge is -2.08. The Kier molecular flexibility index (Phi) is 4.37. The predicted molar refractivity (Wildman–Crippen MR) is 84.9 cm³/mol. The maximum absolute atomic E-state index is 12.5. The molecule has 24 heavy (non-hydrogen) atoms. The van der Waals surface area contributed by atoms with Crippen molar-refractivity contribution in [3.8, 4) is 5.75 Å². The molecule has 2 aromatic rings. The Morgan fingerprint density at radius 3 is 2.58 bits per heavy atom. The molecule has 0 aromatic heterocycles. The van der Waals surface area contributed by atoms with Gasteiger partial charge in [0, 0.05) is 0 Å². The highest BCUT2D eigenvalue weighted by atomic mass is 19.3. The number of carbonyl (C=O) groups is 1. The smallest absolute Gasteiger partial charge is 0.387 e. The van der Waals surface area contributed by atoms with Crippen molar-refractivity contribution in [3.05, 3.63) is 70.9 Å². The average Bonchev–Trinajstić information content (AvgIpc) is 2.90. The summed E-state index contributed by atoms with van der Waals surface area (Å²) < 4.78 is 34.5. The molecule has 6 heteroatoms. The second-order valence-electron chi connectivity index (χ2n) is 5.07. The first-order chi connectivity index (χ1) is 11.5. The summed E-state index contributed by atoms with van der Waals surface area (Å²) in [6, 6.07) is 13.5. The molecule has 0 spiro atoms. The van der Waals surface area contributed by atoms with Gasteiger partial charge in [-0.05, 0) is 36.3 Å². The molecule has 0 unspecified atom stereocenters. The molecular weight excluding hydrogens is 316 g/mol. The second-order valence-corrected chi connectivity index (χ2v) is 5.07. The Morgan fingerprint density at radius 2 is 1.83 bits per heavy atom. The van der Waals surface area contributed by atoms with Crippen LogP contribution in [-0.4, -0.2) is 18.5 Å². The van der Waals surface area contributed by atoms with Crippen molar-refractivity contribution in [3.63, 3.8) is 0 Å². The fourth-order valence-corrected chi connectivity index (χ4v) is 2.26. The highest BCUT2D eigenvalue weighted by molar-refractivity contribution is 6.13. The predicted octanol–water partition coefficient (Wildman–Crippen LogP) is 3.94. The summed E-state index contributed by atoms with van der Waals surface area (Å²) in [5.41, 5.74) is 2.10. The van der Waals surface area contributed by atoms with Gasteiger partial charge in [-0.2, -0.15) is 8.78 Å². The summed E-state index contributed by atoms with van der Waals surface area (Å²) in [6.45, 7) is -1.07. The molecule has 0 atom stereocenters. The molecule has 1 aliphatic rings. The van der Waals surface area contributed by atoms with E-state index in [1.54, 1.807) is 18.2 Å². The van der Waals surface area contributed by atoms with Crippen molar-refractivity contribution in [1.82, 2.24) is 0 Å². The number of aryl methyl sites for hydroxylation is 1. The quantitative estimate of drug-likeness (QED) is 0.630. The van der Waals surface area contributed by atoms with Gasteiger partial charge >= 0.3 is 12.6 Å². The molecule has 0 amide bonds. The Labute approximate surface area is 137 Å². The van der Waals surface area contributed by atoms with Gasteiger partial charge in [-0.25, -0.2) is 9.79 Å². The van der Waals surface area contributed by atoms with Crippen molar-refractivity contribution < 1.29 is 23.0 Å². The van der Waals surface area contributed by atoms with Crippen LogP contribution >= 0.6 is 0 Å². The van der Waals surface area contributed by atoms with Gasteiger partial charge in [0.2, 0.25) is 5.90 Å². The summed E-state index contributed by atoms with van der Waals surface area (Å²) in [5.74, 6) is -0.799. The van der Waals surface area contributed by atoms with Crippen LogP contribution in [0.15, 0.2) is 59.2 Å². The third-order valence-corrected chi connectivity index (χ3v) is 3.43. The van der Waals surface area contributed by atoms with E-state index >= 15 is 0 Å². The van der Waals surface area contributed by atoms with E-state index in [9.17, 15) is 13.6 Å². The van der Waals surface area contributed by atoms with Crippen LogP contribution in [0.5, 0.6) is 5.75 Å². The minimum atomic E-state index is -2.98. The van der Waals surface area contributed by atoms with E-state index < -0.39 is 12.6 Å². The number of ether oxygens (including phenoxy) is 2. The minimum absolute atomic E-state index is 0.0592. The molecule has 122 valence electrons. The van der Waals surface area contributed by atoms with Gasteiger partial charge in [-0.1, -0.05) is 36.4 Å². The molecule has 3 rings (SSSR count). The van der Waals surface area contributed by atoms with Crippen LogP contribution in [0.2, 0.25) is 0 Å². The van der Waals surface area contributed by atoms with Crippen molar-refractivity contribution >= 4 is 17.9 Å². The molecule has 0 fully saturated rings. The summed E-state index contributed by atoms with van der Waals surface area (Å²) in [4.78, 5) is 16.1. The molecular formula is C18H13F2NO3. The Bertz CT molecular complexity index is 844. The van der Waals surface area contributed by atoms with Gasteiger partial charge in [-0.3, -0.25) is 0 Å². The van der Waals surface area contributed by atoms with Crippen molar-refractivity contribution in [2.24, 2.45) is 4.99 Å². The van der Waals surface area contributed by atoms with Gasteiger partial charge in [0.15, 0.2) is 5.70 Å². The van der Waals surface area contributed by atoms with E-state index in [-0.39, 0.29) is 22.9 Å². The van der Waals surface area contributed by atoms with Crippen LogP contribution in [0, 0.1) is 6.92 Å². The molecule has 0 saturated carbocycles. The monoisotopic (exact) mass is 329 g/mol. The Balaban J connectivity index is 1.97. The lowest BCUT2D eigenvalue weighted by atomic mass is 10.1. The first kappa shape index (κ1) is 15.9. The van der Waals surface area contributed by atoms with E-state index in [4.69, 9.17) is 4.74 Å². The summed E-state index contributed by atoms with van der Waals surface area (Å²) in [7, 11) is 0. The Hall–Kier alpha value is -3.02. The number of rotatable bonds is 4. The fraction of sp³-hybridized carbons (Fsp3) is 0.111. The summed E-state index contributed by atoms with van der Waals surface area (Å²) in [5, 5.41) is 0. The number of aliphatic imine (C=N–C) groups is 1. The SMILES string of the molecule is Cc1ccccc1C=C1N=C(c2ccccc2OC(F)F)OC1=O. The highest BCUT2D eigenvalue weighted by Crippen LogP contribution is 2.26. The van der Waals surface area contributed by atoms with Crippen LogP contribution in [0.1, 0.15) is 16.7 Å². The van der Waals surface area contributed by atoms with Crippen molar-refractivity contribution in [2.75, 3.05) is 0 Å². The van der Waals surface area contributed by atoms with Crippen molar-refractivity contribution in [2.45, 2.75) is 13.5 Å². The van der Waals surface area contributed by atoms with Crippen LogP contribution < -0.4 is 4.74 Å². The number of hydrogen-bond acceptors (Lipinski definition) is 4. The minimum Gasteiger partial charge on any atom is -0.434 e. The zero-order valence-electron chi connectivity index (χ0n) is 12.7. The van der Waals surface area contributed by atoms with Crippen molar-refractivity contribution in [1.29, 1.82) is 0 Å². The third kappa shape index (κ3) is 3.32. The largest absolute Gasteiger partial charge is 0.434 e. The first-order valence-corrected chi connectivity index (χ1v) is 7.17. The molecule has 0 saturated heterocycles. The molecule has 0 aliphatic carbocycles. The number of esters is 1. The molecule has 0 bridgehead atoms. The molecule has 1 heterocycles. The second kappa shape index (κ2) is 6.62. The van der Waals surface area contributed by atoms with Crippen LogP contribution in [-0.2, 0) is 9.53 Å². The average molecular weight is 329 g/mol. The third-order valence-electron chi connectivity index (χ3n) is 3.43. The molecule has 2 aromatic carbocycles. The maximum atomic E-state index is 12.5. The lowest BCUT2D eigenvalue weighted by Crippen LogP contribution is -2.10. The molecule has 1 aliphatic heterocycles. The first-order valence-electron chi connectivity index (χ1n) is 7.17. The topological polar surface area (TPSA) is 47.9 Å². The molecule has 0 radical (unpaired) electrons. The molecule has 0 N–H and O–H groups in total. The standard InChI is InChI=1S/C18H13F2NO3/c1-11-6-2-3-7-12(11)10-14-17(22)24-16(21-14)13-8-4-5-9-15(13)23-18(19)20/h2-10,18H,1H3. The number of cyclic esters (lactones) is 1. The van der Waals surface area contributed by atoms with Gasteiger partial charge in [0.05, 0.1) is 5.56 Å². The number of benzene rings is 2. The number of nitrogens with zero attached hydrogens (tertiary/aromatic N) is 1. The summed E-state index contributed by atoms with van der Waals surface area (Å²) >= 11 is 0. The Morgan fingerprint density at radius 1 is 1.12 bits per heavy atom. The van der Waals surface area contributed by atoms with Gasteiger partial charge in [-0.15, -0.1) is 0 Å². The van der Waals surface area contributed by atoms with E-state index in [1.807, 2.05) is 31.2 Å². The number of alkyl halides is 2. The van der Waals surface area contributed by atoms with E-state index in [0.717, 1.165) is 11.1 Å². The lowest BCUT2D eigenvalue weighted by molar-refractivity contribution is -0.129. The zero-order valence-corrected chi connectivity index (χ0v) is 12.7. The van der Waals surface area contributed by atoms with Gasteiger partial charge in [0.1, 0.15) is 5.75 Å². The van der Waals surface area contributed by atoms with Crippen LogP contribution in [0.25, 0.3) is 6.08 Å². The van der Waals surface area contributed by atoms with E-state index in [2.05, 4.69) is 9.73 Å². The maximum Gasteiger partial charge on any atom is 0.387 e.